The molecule has 1 saturated heterocycles. The molecule has 0 bridgehead atoms. The van der Waals surface area contributed by atoms with Crippen LogP contribution in [0.25, 0.3) is 0 Å². The Morgan fingerprint density at radius 1 is 1.05 bits per heavy atom. The molecular weight excluding hydrogens is 262 g/mol. The van der Waals surface area contributed by atoms with E-state index in [1.807, 2.05) is 67.6 Å². The van der Waals surface area contributed by atoms with E-state index in [4.69, 9.17) is 4.74 Å². The van der Waals surface area contributed by atoms with Gasteiger partial charge in [0.25, 0.3) is 0 Å². The predicted molar refractivity (Wildman–Crippen MR) is 81.4 cm³/mol. The average molecular weight is 279 g/mol. The number of carbonyl (C=O) groups excluding carboxylic acids is 1. The zero-order valence-electron chi connectivity index (χ0n) is 12.0. The summed E-state index contributed by atoms with van der Waals surface area (Å²) in [5, 5.41) is 0. The number of cyclic esters (lactones) is 1. The van der Waals surface area contributed by atoms with Crippen molar-refractivity contribution in [1.82, 2.24) is 4.90 Å². The number of rotatable bonds is 3. The molecule has 0 aromatic heterocycles. The fourth-order valence-electron chi connectivity index (χ4n) is 2.56. The molecule has 1 amide bonds. The van der Waals surface area contributed by atoms with E-state index in [2.05, 4.69) is 6.58 Å². The third-order valence-corrected chi connectivity index (χ3v) is 3.90. The Hall–Kier alpha value is -2.55. The second kappa shape index (κ2) is 5.09. The van der Waals surface area contributed by atoms with Gasteiger partial charge in [-0.15, -0.1) is 0 Å². The summed E-state index contributed by atoms with van der Waals surface area (Å²) in [5.41, 5.74) is 1.85. The topological polar surface area (TPSA) is 29.5 Å². The standard InChI is InChI=1S/C18H17NO2/c1-14-18(2,16-11-7-4-8-12-16)21-17(20)19(14)13-15-9-5-3-6-10-15/h3-12H,1,13H2,2H3. The number of benzene rings is 2. The average Bonchev–Trinajstić information content (AvgIpc) is 2.74. The van der Waals surface area contributed by atoms with Gasteiger partial charge in [-0.3, -0.25) is 4.90 Å². The van der Waals surface area contributed by atoms with E-state index in [0.717, 1.165) is 11.1 Å². The summed E-state index contributed by atoms with van der Waals surface area (Å²) in [6, 6.07) is 19.5. The highest BCUT2D eigenvalue weighted by Gasteiger charge is 2.46. The van der Waals surface area contributed by atoms with Crippen molar-refractivity contribution >= 4 is 6.09 Å². The predicted octanol–water partition coefficient (Wildman–Crippen LogP) is 4.07. The molecule has 1 aliphatic heterocycles. The molecule has 1 unspecified atom stereocenters. The van der Waals surface area contributed by atoms with Crippen LogP contribution in [-0.4, -0.2) is 11.0 Å². The summed E-state index contributed by atoms with van der Waals surface area (Å²) in [6.45, 7) is 6.45. The Bertz CT molecular complexity index is 666. The molecule has 1 aliphatic rings. The molecule has 21 heavy (non-hydrogen) atoms. The second-order valence-corrected chi connectivity index (χ2v) is 5.29. The van der Waals surface area contributed by atoms with E-state index in [1.54, 1.807) is 4.90 Å². The summed E-state index contributed by atoms with van der Waals surface area (Å²) >= 11 is 0. The van der Waals surface area contributed by atoms with Gasteiger partial charge in [-0.25, -0.2) is 4.79 Å². The van der Waals surface area contributed by atoms with Crippen molar-refractivity contribution < 1.29 is 9.53 Å². The van der Waals surface area contributed by atoms with Gasteiger partial charge < -0.3 is 4.74 Å². The summed E-state index contributed by atoms with van der Waals surface area (Å²) < 4.78 is 5.62. The van der Waals surface area contributed by atoms with Crippen LogP contribution < -0.4 is 0 Å². The van der Waals surface area contributed by atoms with Gasteiger partial charge in [-0.1, -0.05) is 67.2 Å². The van der Waals surface area contributed by atoms with Crippen LogP contribution in [0.2, 0.25) is 0 Å². The molecule has 3 heteroatoms. The molecule has 0 radical (unpaired) electrons. The molecular formula is C18H17NO2. The minimum atomic E-state index is -0.798. The van der Waals surface area contributed by atoms with Crippen LogP contribution in [-0.2, 0) is 16.9 Å². The summed E-state index contributed by atoms with van der Waals surface area (Å²) in [6.07, 6.45) is -0.352. The third kappa shape index (κ3) is 2.31. The first-order valence-corrected chi connectivity index (χ1v) is 6.90. The van der Waals surface area contributed by atoms with Gasteiger partial charge in [0.2, 0.25) is 0 Å². The van der Waals surface area contributed by atoms with E-state index in [1.165, 1.54) is 0 Å². The van der Waals surface area contributed by atoms with Gasteiger partial charge in [0.15, 0.2) is 5.60 Å². The SMILES string of the molecule is C=C1N(Cc2ccccc2)C(=O)OC1(C)c1ccccc1. The second-order valence-electron chi connectivity index (χ2n) is 5.29. The number of hydrogen-bond donors (Lipinski definition) is 0. The van der Waals surface area contributed by atoms with Crippen LogP contribution >= 0.6 is 0 Å². The molecule has 0 N–H and O–H groups in total. The van der Waals surface area contributed by atoms with Crippen molar-refractivity contribution in [2.45, 2.75) is 19.1 Å². The van der Waals surface area contributed by atoms with Gasteiger partial charge in [0, 0.05) is 5.56 Å². The molecule has 3 rings (SSSR count). The lowest BCUT2D eigenvalue weighted by Crippen LogP contribution is -2.25. The molecule has 1 fully saturated rings. The smallest absolute Gasteiger partial charge is 0.415 e. The molecule has 0 aliphatic carbocycles. The van der Waals surface area contributed by atoms with Crippen molar-refractivity contribution in [3.63, 3.8) is 0 Å². The Morgan fingerprint density at radius 3 is 2.24 bits per heavy atom. The normalized spacial score (nSPS) is 21.5. The van der Waals surface area contributed by atoms with Crippen molar-refractivity contribution in [2.75, 3.05) is 0 Å². The van der Waals surface area contributed by atoms with Crippen LogP contribution in [0.3, 0.4) is 0 Å². The number of amides is 1. The third-order valence-electron chi connectivity index (χ3n) is 3.90. The van der Waals surface area contributed by atoms with Gasteiger partial charge in [-0.05, 0) is 12.5 Å². The molecule has 106 valence electrons. The Balaban J connectivity index is 1.89. The lowest BCUT2D eigenvalue weighted by atomic mass is 9.93. The van der Waals surface area contributed by atoms with E-state index < -0.39 is 5.60 Å². The molecule has 0 saturated carbocycles. The maximum absolute atomic E-state index is 12.2. The molecule has 1 atom stereocenters. The van der Waals surface area contributed by atoms with Crippen LogP contribution in [0, 0.1) is 0 Å². The van der Waals surface area contributed by atoms with Gasteiger partial charge in [0.1, 0.15) is 0 Å². The first-order chi connectivity index (χ1) is 10.1. The monoisotopic (exact) mass is 279 g/mol. The first-order valence-electron chi connectivity index (χ1n) is 6.90. The van der Waals surface area contributed by atoms with Gasteiger partial charge in [-0.2, -0.15) is 0 Å². The lowest BCUT2D eigenvalue weighted by Gasteiger charge is -2.24. The first kappa shape index (κ1) is 13.4. The Labute approximate surface area is 124 Å². The summed E-state index contributed by atoms with van der Waals surface area (Å²) in [7, 11) is 0. The van der Waals surface area contributed by atoms with E-state index in [9.17, 15) is 4.79 Å². The number of carbonyl (C=O) groups is 1. The van der Waals surface area contributed by atoms with Gasteiger partial charge in [0.05, 0.1) is 12.2 Å². The van der Waals surface area contributed by atoms with Crippen molar-refractivity contribution in [3.05, 3.63) is 84.1 Å². The highest BCUT2D eigenvalue weighted by atomic mass is 16.6. The maximum Gasteiger partial charge on any atom is 0.415 e. The Morgan fingerprint density at radius 2 is 1.62 bits per heavy atom. The number of ether oxygens (including phenoxy) is 1. The zero-order valence-corrected chi connectivity index (χ0v) is 12.0. The maximum atomic E-state index is 12.2. The van der Waals surface area contributed by atoms with Crippen LogP contribution in [0.1, 0.15) is 18.1 Å². The fraction of sp³-hybridized carbons (Fsp3) is 0.167. The number of nitrogens with zero attached hydrogens (tertiary/aromatic N) is 1. The summed E-state index contributed by atoms with van der Waals surface area (Å²) in [5.74, 6) is 0. The number of hydrogen-bond acceptors (Lipinski definition) is 2. The lowest BCUT2D eigenvalue weighted by molar-refractivity contribution is 0.0799. The largest absolute Gasteiger partial charge is 0.431 e. The van der Waals surface area contributed by atoms with E-state index in [-0.39, 0.29) is 6.09 Å². The Kier molecular flexibility index (Phi) is 3.26. The van der Waals surface area contributed by atoms with Crippen LogP contribution in [0.5, 0.6) is 0 Å². The highest BCUT2D eigenvalue weighted by molar-refractivity contribution is 5.75. The minimum Gasteiger partial charge on any atom is -0.431 e. The minimum absolute atomic E-state index is 0.352. The van der Waals surface area contributed by atoms with Crippen LogP contribution in [0.4, 0.5) is 4.79 Å². The fourth-order valence-corrected chi connectivity index (χ4v) is 2.56. The highest BCUT2D eigenvalue weighted by Crippen LogP contribution is 2.41. The van der Waals surface area contributed by atoms with Gasteiger partial charge >= 0.3 is 6.09 Å². The van der Waals surface area contributed by atoms with E-state index >= 15 is 0 Å². The van der Waals surface area contributed by atoms with E-state index in [0.29, 0.717) is 12.2 Å². The van der Waals surface area contributed by atoms with Crippen molar-refractivity contribution in [1.29, 1.82) is 0 Å². The summed E-state index contributed by atoms with van der Waals surface area (Å²) in [4.78, 5) is 13.8. The quantitative estimate of drug-likeness (QED) is 0.847. The molecule has 0 spiro atoms. The molecule has 3 nitrogen and oxygen atoms in total. The molecule has 2 aromatic carbocycles. The zero-order chi connectivity index (χ0) is 14.9. The van der Waals surface area contributed by atoms with Crippen molar-refractivity contribution in [3.8, 4) is 0 Å². The van der Waals surface area contributed by atoms with Crippen LogP contribution in [0.15, 0.2) is 72.9 Å². The molecule has 2 aromatic rings. The van der Waals surface area contributed by atoms with Crippen molar-refractivity contribution in [2.24, 2.45) is 0 Å². The molecule has 1 heterocycles.